The summed E-state index contributed by atoms with van der Waals surface area (Å²) in [6.07, 6.45) is 24.7. The number of hydrogen-bond acceptors (Lipinski definition) is 10. The summed E-state index contributed by atoms with van der Waals surface area (Å²) in [5, 5.41) is 0. The highest BCUT2D eigenvalue weighted by atomic mass is 15.3. The van der Waals surface area contributed by atoms with E-state index in [2.05, 4.69) is 215 Å². The molecular weight excluding hydrogens is 831 g/mol. The fraction of sp³-hybridized carbons (Fsp3) is 0.704. The second-order valence-corrected chi connectivity index (χ2v) is 18.2. The number of hydrogen-bond donors (Lipinski definition) is 0. The van der Waals surface area contributed by atoms with Crippen molar-refractivity contribution in [3.63, 3.8) is 0 Å². The average Bonchev–Trinajstić information content (AvgIpc) is 4.22. The summed E-state index contributed by atoms with van der Waals surface area (Å²) in [7, 11) is 10.3. The minimum Gasteiger partial charge on any atom is -0.341 e. The van der Waals surface area contributed by atoms with Crippen LogP contribution in [0.1, 0.15) is 93.9 Å². The lowest BCUT2D eigenvalue weighted by Gasteiger charge is -2.33. The monoisotopic (exact) mass is 934 g/mol. The Kier molecular flexibility index (Phi) is 37.0. The Labute approximate surface area is 412 Å². The molecule has 4 aromatic heterocycles. The molecule has 0 aliphatic carbocycles. The lowest BCUT2D eigenvalue weighted by molar-refractivity contribution is 0.180. The van der Waals surface area contributed by atoms with Crippen LogP contribution in [-0.2, 0) is 20.0 Å². The Bertz CT molecular complexity index is 1490. The van der Waals surface area contributed by atoms with Crippen LogP contribution >= 0.6 is 0 Å². The molecule has 13 heteroatoms. The molecule has 0 bridgehead atoms. The van der Waals surface area contributed by atoms with Crippen LogP contribution in [0.3, 0.4) is 0 Å². The van der Waals surface area contributed by atoms with Crippen LogP contribution in [0.4, 0.5) is 5.95 Å². The maximum Gasteiger partial charge on any atom is 0.225 e. The van der Waals surface area contributed by atoms with E-state index in [-0.39, 0.29) is 0 Å². The molecule has 13 nitrogen and oxygen atoms in total. The zero-order valence-corrected chi connectivity index (χ0v) is 45.5. The van der Waals surface area contributed by atoms with E-state index in [4.69, 9.17) is 0 Å². The fourth-order valence-electron chi connectivity index (χ4n) is 7.18. The van der Waals surface area contributed by atoms with Crippen LogP contribution in [0, 0.1) is 5.92 Å². The van der Waals surface area contributed by atoms with Crippen molar-refractivity contribution in [2.45, 2.75) is 114 Å². The zero-order valence-electron chi connectivity index (χ0n) is 45.5. The van der Waals surface area contributed by atoms with Gasteiger partial charge in [0.15, 0.2) is 0 Å². The molecule has 3 fully saturated rings. The SMILES string of the molecule is CCC1CCN(CC)CC1.CCN(C)C.CCN(C)C.CCN(C)Cn1cccc1.CCN(Cn1cccc1)Cn1cccc1.CCN1CCCCC1.CCN1CCN(c2ncccn2)CC1. The van der Waals surface area contributed by atoms with Gasteiger partial charge >= 0.3 is 0 Å². The van der Waals surface area contributed by atoms with Gasteiger partial charge in [0.25, 0.3) is 0 Å². The lowest BCUT2D eigenvalue weighted by Crippen LogP contribution is -2.46. The van der Waals surface area contributed by atoms with Gasteiger partial charge in [-0.15, -0.1) is 0 Å². The first-order valence-electron chi connectivity index (χ1n) is 26.2. The Hall–Kier alpha value is -3.56. The van der Waals surface area contributed by atoms with Crippen molar-refractivity contribution >= 4 is 5.95 Å². The molecule has 3 aliphatic rings. The number of anilines is 1. The molecule has 0 N–H and O–H groups in total. The zero-order chi connectivity index (χ0) is 49.5. The van der Waals surface area contributed by atoms with Gasteiger partial charge in [0.05, 0.1) is 20.0 Å². The van der Waals surface area contributed by atoms with Crippen molar-refractivity contribution in [1.29, 1.82) is 0 Å². The predicted molar refractivity (Wildman–Crippen MR) is 290 cm³/mol. The normalized spacial score (nSPS) is 15.7. The van der Waals surface area contributed by atoms with Crippen LogP contribution in [-0.4, -0.2) is 191 Å². The molecule has 0 spiro atoms. The first-order chi connectivity index (χ1) is 32.4. The van der Waals surface area contributed by atoms with Crippen molar-refractivity contribution in [2.75, 3.05) is 138 Å². The van der Waals surface area contributed by atoms with E-state index in [1.165, 1.54) is 77.8 Å². The molecule has 4 aromatic rings. The number of rotatable bonds is 15. The molecule has 0 unspecified atom stereocenters. The third kappa shape index (κ3) is 31.2. The topological polar surface area (TPSA) is 66.5 Å². The summed E-state index contributed by atoms with van der Waals surface area (Å²) in [5.41, 5.74) is 0. The maximum absolute atomic E-state index is 4.25. The quantitative estimate of drug-likeness (QED) is 0.116. The second kappa shape index (κ2) is 40.3. The highest BCUT2D eigenvalue weighted by Crippen LogP contribution is 2.19. The number of aromatic nitrogens is 5. The van der Waals surface area contributed by atoms with Gasteiger partial charge in [-0.2, -0.15) is 0 Å². The van der Waals surface area contributed by atoms with E-state index < -0.39 is 0 Å². The Morgan fingerprint density at radius 3 is 1.18 bits per heavy atom. The smallest absolute Gasteiger partial charge is 0.225 e. The number of likely N-dealkylation sites (tertiary alicyclic amines) is 2. The van der Waals surface area contributed by atoms with E-state index in [1.807, 2.05) is 18.2 Å². The van der Waals surface area contributed by atoms with Crippen LogP contribution in [0.2, 0.25) is 0 Å². The summed E-state index contributed by atoms with van der Waals surface area (Å²) in [6, 6.07) is 14.2. The molecule has 0 amide bonds. The van der Waals surface area contributed by atoms with E-state index in [1.54, 1.807) is 12.4 Å². The minimum absolute atomic E-state index is 0.864. The van der Waals surface area contributed by atoms with Gasteiger partial charge < -0.3 is 43.1 Å². The largest absolute Gasteiger partial charge is 0.341 e. The molecule has 0 aromatic carbocycles. The molecule has 67 heavy (non-hydrogen) atoms. The van der Waals surface area contributed by atoms with Crippen LogP contribution in [0.15, 0.2) is 92.0 Å². The van der Waals surface area contributed by atoms with Gasteiger partial charge in [-0.3, -0.25) is 9.80 Å². The van der Waals surface area contributed by atoms with Crippen molar-refractivity contribution in [2.24, 2.45) is 5.92 Å². The third-order valence-electron chi connectivity index (χ3n) is 12.7. The van der Waals surface area contributed by atoms with Gasteiger partial charge in [0, 0.05) is 75.8 Å². The molecule has 3 aliphatic heterocycles. The lowest BCUT2D eigenvalue weighted by atomic mass is 9.95. The molecular formula is C54H103N13. The summed E-state index contributed by atoms with van der Waals surface area (Å²) < 4.78 is 6.53. The third-order valence-corrected chi connectivity index (χ3v) is 12.7. The van der Waals surface area contributed by atoms with Crippen molar-refractivity contribution < 1.29 is 0 Å². The molecule has 0 saturated carbocycles. The maximum atomic E-state index is 4.25. The minimum atomic E-state index is 0.864. The van der Waals surface area contributed by atoms with Crippen LogP contribution in [0.25, 0.3) is 0 Å². The molecule has 3 saturated heterocycles. The number of nitrogens with zero attached hydrogens (tertiary/aromatic N) is 13. The first-order valence-corrected chi connectivity index (χ1v) is 26.2. The van der Waals surface area contributed by atoms with Gasteiger partial charge in [-0.25, -0.2) is 9.97 Å². The molecule has 0 radical (unpaired) electrons. The fourth-order valence-corrected chi connectivity index (χ4v) is 7.18. The average molecular weight is 935 g/mol. The highest BCUT2D eigenvalue weighted by Gasteiger charge is 2.17. The van der Waals surface area contributed by atoms with Gasteiger partial charge in [-0.1, -0.05) is 68.2 Å². The standard InChI is InChI=1S/C12H17N3.C10H16N4.C9H19N.C8H14N2.C7H15N.2C4H11N/c1-2-13(11-14-7-3-4-8-14)12-15-9-5-6-10-15;1-2-13-6-8-14(9-7-13)10-11-4-3-5-12-10;1-3-9-5-7-10(4-2)8-6-9;1-3-9(2)8-10-6-4-5-7-10;1-2-8-6-4-3-5-7-8;2*1-4-5(2)3/h3-10H,2,11-12H2,1H3;3-5H,2,6-9H2,1H3;9H,3-8H2,1-2H3;4-7H,3,8H2,1-2H3;2-7H2,1H3;2*4H2,1-3H3. The first kappa shape index (κ1) is 61.5. The van der Waals surface area contributed by atoms with E-state index in [0.29, 0.717) is 0 Å². The predicted octanol–water partition coefficient (Wildman–Crippen LogP) is 9.00. The summed E-state index contributed by atoms with van der Waals surface area (Å²) in [5.74, 6) is 1.89. The summed E-state index contributed by atoms with van der Waals surface area (Å²) >= 11 is 0. The van der Waals surface area contributed by atoms with Crippen LogP contribution < -0.4 is 4.90 Å². The Morgan fingerprint density at radius 1 is 0.448 bits per heavy atom. The molecule has 0 atom stereocenters. The van der Waals surface area contributed by atoms with Crippen LogP contribution in [0.5, 0.6) is 0 Å². The van der Waals surface area contributed by atoms with Gasteiger partial charge in [0.1, 0.15) is 0 Å². The Balaban J connectivity index is 0.000000404. The second-order valence-electron chi connectivity index (χ2n) is 18.2. The van der Waals surface area contributed by atoms with Crippen molar-refractivity contribution in [3.05, 3.63) is 92.0 Å². The summed E-state index contributed by atoms with van der Waals surface area (Å²) in [6.45, 7) is 38.2. The number of piperidine rings is 2. The number of likely N-dealkylation sites (N-methyl/N-ethyl adjacent to an activating group) is 1. The van der Waals surface area contributed by atoms with E-state index in [9.17, 15) is 0 Å². The summed E-state index contributed by atoms with van der Waals surface area (Å²) in [4.78, 5) is 27.1. The van der Waals surface area contributed by atoms with Gasteiger partial charge in [-0.05, 0) is 181 Å². The van der Waals surface area contributed by atoms with Gasteiger partial charge in [0.2, 0.25) is 5.95 Å². The van der Waals surface area contributed by atoms with Crippen molar-refractivity contribution in [3.8, 4) is 0 Å². The highest BCUT2D eigenvalue weighted by molar-refractivity contribution is 5.29. The molecule has 7 rings (SSSR count). The Morgan fingerprint density at radius 2 is 0.836 bits per heavy atom. The number of piperazine rings is 1. The molecule has 384 valence electrons. The van der Waals surface area contributed by atoms with E-state index in [0.717, 1.165) is 90.8 Å². The van der Waals surface area contributed by atoms with E-state index >= 15 is 0 Å². The molecule has 7 heterocycles. The van der Waals surface area contributed by atoms with Crippen molar-refractivity contribution in [1.82, 2.24) is 58.0 Å².